The largest absolute Gasteiger partial charge is 0.493 e. The summed E-state index contributed by atoms with van der Waals surface area (Å²) < 4.78 is 10.9. The lowest BCUT2D eigenvalue weighted by Crippen LogP contribution is -2.24. The lowest BCUT2D eigenvalue weighted by molar-refractivity contribution is 0.0814. The molecule has 0 saturated heterocycles. The second kappa shape index (κ2) is 6.58. The van der Waals surface area contributed by atoms with Crippen LogP contribution in [0.2, 0.25) is 0 Å². The molecule has 0 amide bonds. The van der Waals surface area contributed by atoms with E-state index in [1.54, 1.807) is 37.3 Å². The number of ketones is 1. The van der Waals surface area contributed by atoms with E-state index in [-0.39, 0.29) is 5.78 Å². The first kappa shape index (κ1) is 14.6. The van der Waals surface area contributed by atoms with E-state index in [2.05, 4.69) is 0 Å². The molecule has 4 heteroatoms. The van der Waals surface area contributed by atoms with Crippen LogP contribution in [0.5, 0.6) is 11.5 Å². The van der Waals surface area contributed by atoms with Gasteiger partial charge in [-0.25, -0.2) is 0 Å². The van der Waals surface area contributed by atoms with Crippen molar-refractivity contribution < 1.29 is 14.3 Å². The van der Waals surface area contributed by atoms with Crippen LogP contribution < -0.4 is 9.47 Å². The van der Waals surface area contributed by atoms with Gasteiger partial charge in [0.05, 0.1) is 18.7 Å². The Kier molecular flexibility index (Phi) is 4.57. The van der Waals surface area contributed by atoms with E-state index in [1.807, 2.05) is 24.3 Å². The maximum absolute atomic E-state index is 12.3. The van der Waals surface area contributed by atoms with Gasteiger partial charge in [0, 0.05) is 11.6 Å². The number of Topliss-reactive ketones (excluding diaryl/α,β-unsaturated/α-hetero) is 1. The third-order valence-corrected chi connectivity index (χ3v) is 3.02. The summed E-state index contributed by atoms with van der Waals surface area (Å²) in [5.74, 6) is 0.761. The Bertz CT molecular complexity index is 674. The molecular weight excluding hydrogens is 266 g/mol. The first-order valence-corrected chi connectivity index (χ1v) is 6.49. The minimum atomic E-state index is -0.644. The van der Waals surface area contributed by atoms with E-state index >= 15 is 0 Å². The number of hydrogen-bond donors (Lipinski definition) is 0. The smallest absolute Gasteiger partial charge is 0.202 e. The molecule has 0 bridgehead atoms. The molecule has 0 heterocycles. The van der Waals surface area contributed by atoms with Crippen LogP contribution >= 0.6 is 0 Å². The molecule has 2 rings (SSSR count). The molecule has 1 atom stereocenters. The van der Waals surface area contributed by atoms with Crippen molar-refractivity contribution in [3.63, 3.8) is 0 Å². The summed E-state index contributed by atoms with van der Waals surface area (Å²) in [6.45, 7) is 1.69. The van der Waals surface area contributed by atoms with E-state index in [4.69, 9.17) is 14.7 Å². The first-order chi connectivity index (χ1) is 10.2. The normalized spacial score (nSPS) is 11.3. The fourth-order valence-electron chi connectivity index (χ4n) is 1.92. The van der Waals surface area contributed by atoms with E-state index < -0.39 is 6.10 Å². The molecule has 2 aromatic rings. The van der Waals surface area contributed by atoms with Crippen molar-refractivity contribution in [2.45, 2.75) is 13.0 Å². The molecular formula is C17H15NO3. The number of benzene rings is 2. The lowest BCUT2D eigenvalue weighted by atomic mass is 10.1. The van der Waals surface area contributed by atoms with Crippen molar-refractivity contribution in [2.24, 2.45) is 0 Å². The van der Waals surface area contributed by atoms with Gasteiger partial charge < -0.3 is 9.47 Å². The SMILES string of the molecule is COc1cc(C#N)ccc1O[C@@H](C)C(=O)c1ccccc1. The molecule has 0 spiro atoms. The zero-order valence-electron chi connectivity index (χ0n) is 11.9. The van der Waals surface area contributed by atoms with Crippen molar-refractivity contribution in [1.29, 1.82) is 5.26 Å². The highest BCUT2D eigenvalue weighted by atomic mass is 16.5. The topological polar surface area (TPSA) is 59.3 Å². The summed E-state index contributed by atoms with van der Waals surface area (Å²) >= 11 is 0. The quantitative estimate of drug-likeness (QED) is 0.789. The predicted molar refractivity (Wildman–Crippen MR) is 78.6 cm³/mol. The van der Waals surface area contributed by atoms with Gasteiger partial charge in [-0.15, -0.1) is 0 Å². The van der Waals surface area contributed by atoms with Crippen LogP contribution in [-0.4, -0.2) is 19.0 Å². The molecule has 0 aliphatic carbocycles. The van der Waals surface area contributed by atoms with Crippen LogP contribution in [0.1, 0.15) is 22.8 Å². The number of hydrogen-bond acceptors (Lipinski definition) is 4. The molecule has 0 aliphatic rings. The minimum absolute atomic E-state index is 0.109. The Hall–Kier alpha value is -2.80. The van der Waals surface area contributed by atoms with Crippen molar-refractivity contribution in [3.05, 3.63) is 59.7 Å². The average Bonchev–Trinajstić information content (AvgIpc) is 2.55. The first-order valence-electron chi connectivity index (χ1n) is 6.49. The molecule has 0 unspecified atom stereocenters. The molecule has 0 fully saturated rings. The van der Waals surface area contributed by atoms with E-state index in [9.17, 15) is 4.79 Å². The minimum Gasteiger partial charge on any atom is -0.493 e. The molecule has 2 aromatic carbocycles. The van der Waals surface area contributed by atoms with Gasteiger partial charge in [0.15, 0.2) is 17.6 Å². The number of carbonyl (C=O) groups excluding carboxylic acids is 1. The summed E-state index contributed by atoms with van der Waals surface area (Å²) in [7, 11) is 1.49. The third kappa shape index (κ3) is 3.40. The van der Waals surface area contributed by atoms with Gasteiger partial charge in [-0.05, 0) is 19.1 Å². The highest BCUT2D eigenvalue weighted by Crippen LogP contribution is 2.29. The lowest BCUT2D eigenvalue weighted by Gasteiger charge is -2.16. The number of nitrogens with zero attached hydrogens (tertiary/aromatic N) is 1. The van der Waals surface area contributed by atoms with Crippen LogP contribution in [0.15, 0.2) is 48.5 Å². The zero-order valence-corrected chi connectivity index (χ0v) is 11.9. The van der Waals surface area contributed by atoms with Crippen LogP contribution in [0.25, 0.3) is 0 Å². The van der Waals surface area contributed by atoms with Gasteiger partial charge in [-0.2, -0.15) is 5.26 Å². The molecule has 106 valence electrons. The van der Waals surface area contributed by atoms with Gasteiger partial charge in [-0.1, -0.05) is 30.3 Å². The van der Waals surface area contributed by atoms with Crippen LogP contribution in [0.4, 0.5) is 0 Å². The summed E-state index contributed by atoms with van der Waals surface area (Å²) in [5, 5.41) is 8.87. The van der Waals surface area contributed by atoms with Crippen molar-refractivity contribution in [2.75, 3.05) is 7.11 Å². The van der Waals surface area contributed by atoms with Crippen LogP contribution in [0.3, 0.4) is 0 Å². The average molecular weight is 281 g/mol. The Balaban J connectivity index is 2.18. The fraction of sp³-hybridized carbons (Fsp3) is 0.176. The van der Waals surface area contributed by atoms with Crippen LogP contribution in [-0.2, 0) is 0 Å². The maximum Gasteiger partial charge on any atom is 0.202 e. The van der Waals surface area contributed by atoms with Gasteiger partial charge in [-0.3, -0.25) is 4.79 Å². The Labute approximate surface area is 123 Å². The number of rotatable bonds is 5. The highest BCUT2D eigenvalue weighted by Gasteiger charge is 2.18. The van der Waals surface area contributed by atoms with Crippen LogP contribution in [0, 0.1) is 11.3 Å². The summed E-state index contributed by atoms with van der Waals surface area (Å²) in [6, 6.07) is 15.8. The zero-order chi connectivity index (χ0) is 15.2. The van der Waals surface area contributed by atoms with E-state index in [0.717, 1.165) is 0 Å². The number of nitriles is 1. The standard InChI is InChI=1S/C17H15NO3/c1-12(17(19)14-6-4-3-5-7-14)21-15-9-8-13(11-18)10-16(15)20-2/h3-10,12H,1-2H3/t12-/m0/s1. The molecule has 21 heavy (non-hydrogen) atoms. The second-order valence-electron chi connectivity index (χ2n) is 4.47. The summed E-state index contributed by atoms with van der Waals surface area (Å²) in [4.78, 5) is 12.3. The Morgan fingerprint density at radius 1 is 1.14 bits per heavy atom. The fourth-order valence-corrected chi connectivity index (χ4v) is 1.92. The Morgan fingerprint density at radius 3 is 2.48 bits per heavy atom. The summed E-state index contributed by atoms with van der Waals surface area (Å²) in [5.41, 5.74) is 1.07. The van der Waals surface area contributed by atoms with Crippen molar-refractivity contribution in [1.82, 2.24) is 0 Å². The van der Waals surface area contributed by atoms with Gasteiger partial charge in [0.2, 0.25) is 5.78 Å². The molecule has 0 aliphatic heterocycles. The third-order valence-electron chi connectivity index (χ3n) is 3.02. The Morgan fingerprint density at radius 2 is 1.86 bits per heavy atom. The number of methoxy groups -OCH3 is 1. The van der Waals surface area contributed by atoms with Crippen molar-refractivity contribution >= 4 is 5.78 Å². The van der Waals surface area contributed by atoms with Gasteiger partial charge >= 0.3 is 0 Å². The van der Waals surface area contributed by atoms with E-state index in [0.29, 0.717) is 22.6 Å². The maximum atomic E-state index is 12.3. The van der Waals surface area contributed by atoms with Gasteiger partial charge in [0.1, 0.15) is 0 Å². The van der Waals surface area contributed by atoms with Crippen molar-refractivity contribution in [3.8, 4) is 17.6 Å². The summed E-state index contributed by atoms with van der Waals surface area (Å²) in [6.07, 6.45) is -0.644. The predicted octanol–water partition coefficient (Wildman–Crippen LogP) is 3.22. The monoisotopic (exact) mass is 281 g/mol. The molecule has 0 aromatic heterocycles. The molecule has 0 N–H and O–H groups in total. The molecule has 0 radical (unpaired) electrons. The van der Waals surface area contributed by atoms with Gasteiger partial charge in [0.25, 0.3) is 0 Å². The number of ether oxygens (including phenoxy) is 2. The second-order valence-corrected chi connectivity index (χ2v) is 4.47. The molecule has 4 nitrogen and oxygen atoms in total. The highest BCUT2D eigenvalue weighted by molar-refractivity contribution is 5.99. The van der Waals surface area contributed by atoms with E-state index in [1.165, 1.54) is 7.11 Å². The molecule has 0 saturated carbocycles. The number of carbonyl (C=O) groups is 1.